The number of carbonyl (C=O) groups is 2. The van der Waals surface area contributed by atoms with Gasteiger partial charge >= 0.3 is 12.1 Å². The van der Waals surface area contributed by atoms with Crippen LogP contribution in [0.2, 0.25) is 0 Å². The van der Waals surface area contributed by atoms with Crippen molar-refractivity contribution >= 4 is 12.1 Å². The van der Waals surface area contributed by atoms with E-state index in [0.29, 0.717) is 18.9 Å². The summed E-state index contributed by atoms with van der Waals surface area (Å²) in [6, 6.07) is 16.6. The lowest BCUT2D eigenvalue weighted by Crippen LogP contribution is -2.50. The average Bonchev–Trinajstić information content (AvgIpc) is 3.20. The molecule has 3 aliphatic rings. The fourth-order valence-corrected chi connectivity index (χ4v) is 5.39. The van der Waals surface area contributed by atoms with E-state index in [0.717, 1.165) is 12.8 Å². The third-order valence-corrected chi connectivity index (χ3v) is 6.82. The Hall–Kier alpha value is -2.82. The van der Waals surface area contributed by atoms with Crippen molar-refractivity contribution in [3.8, 4) is 11.1 Å². The topological polar surface area (TPSA) is 75.6 Å². The highest BCUT2D eigenvalue weighted by atomic mass is 16.5. The minimum Gasteiger partial charge on any atom is -0.481 e. The van der Waals surface area contributed by atoms with Crippen molar-refractivity contribution in [3.05, 3.63) is 59.7 Å². The molecular weight excluding hydrogens is 354 g/mol. The van der Waals surface area contributed by atoms with Gasteiger partial charge in [-0.05, 0) is 53.4 Å². The van der Waals surface area contributed by atoms with Crippen LogP contribution >= 0.6 is 0 Å². The first kappa shape index (κ1) is 17.3. The molecule has 5 rings (SSSR count). The molecular formula is C23H23NO4. The Balaban J connectivity index is 1.22. The Morgan fingerprint density at radius 2 is 1.61 bits per heavy atom. The SMILES string of the molecule is O=C(N[C@@H]1C[C@@H]2C[C@@H](C(=O)O)C[C@@H]21)OCC1c2ccccc2-c2ccccc21. The van der Waals surface area contributed by atoms with Crippen molar-refractivity contribution in [2.24, 2.45) is 17.8 Å². The van der Waals surface area contributed by atoms with Gasteiger partial charge in [0.15, 0.2) is 0 Å². The summed E-state index contributed by atoms with van der Waals surface area (Å²) in [5.74, 6) is -0.213. The van der Waals surface area contributed by atoms with Gasteiger partial charge in [-0.2, -0.15) is 0 Å². The Kier molecular flexibility index (Phi) is 4.11. The van der Waals surface area contributed by atoms with Crippen LogP contribution in [-0.4, -0.2) is 29.8 Å². The summed E-state index contributed by atoms with van der Waals surface area (Å²) in [5, 5.41) is 12.2. The van der Waals surface area contributed by atoms with Gasteiger partial charge < -0.3 is 15.2 Å². The molecule has 2 N–H and O–H groups in total. The van der Waals surface area contributed by atoms with E-state index >= 15 is 0 Å². The maximum Gasteiger partial charge on any atom is 0.407 e. The van der Waals surface area contributed by atoms with Gasteiger partial charge in [0.25, 0.3) is 0 Å². The molecule has 0 aliphatic heterocycles. The van der Waals surface area contributed by atoms with Crippen LogP contribution < -0.4 is 5.32 Å². The number of carboxylic acids is 1. The van der Waals surface area contributed by atoms with E-state index in [-0.39, 0.29) is 23.8 Å². The van der Waals surface area contributed by atoms with E-state index in [4.69, 9.17) is 4.74 Å². The quantitative estimate of drug-likeness (QED) is 0.844. The van der Waals surface area contributed by atoms with E-state index in [1.165, 1.54) is 22.3 Å². The van der Waals surface area contributed by atoms with Gasteiger partial charge in [0.05, 0.1) is 5.92 Å². The van der Waals surface area contributed by atoms with Crippen LogP contribution in [0.1, 0.15) is 36.3 Å². The maximum absolute atomic E-state index is 12.4. The van der Waals surface area contributed by atoms with Crippen molar-refractivity contribution in [3.63, 3.8) is 0 Å². The smallest absolute Gasteiger partial charge is 0.407 e. The molecule has 5 nitrogen and oxygen atoms in total. The van der Waals surface area contributed by atoms with Gasteiger partial charge in [-0.3, -0.25) is 4.79 Å². The second kappa shape index (κ2) is 6.66. The van der Waals surface area contributed by atoms with Crippen LogP contribution in [0.15, 0.2) is 48.5 Å². The largest absolute Gasteiger partial charge is 0.481 e. The predicted molar refractivity (Wildman–Crippen MR) is 104 cm³/mol. The average molecular weight is 377 g/mol. The number of amides is 1. The fraction of sp³-hybridized carbons (Fsp3) is 0.391. The molecule has 0 radical (unpaired) electrons. The summed E-state index contributed by atoms with van der Waals surface area (Å²) in [7, 11) is 0. The number of hydrogen-bond donors (Lipinski definition) is 2. The number of nitrogens with one attached hydrogen (secondary N) is 1. The first-order valence-electron chi connectivity index (χ1n) is 9.96. The number of fused-ring (bicyclic) bond motifs is 4. The first-order valence-corrected chi connectivity index (χ1v) is 9.96. The normalized spacial score (nSPS) is 27.3. The number of benzene rings is 2. The Morgan fingerprint density at radius 1 is 0.964 bits per heavy atom. The van der Waals surface area contributed by atoms with Crippen molar-refractivity contribution in [1.29, 1.82) is 0 Å². The van der Waals surface area contributed by atoms with E-state index in [9.17, 15) is 14.7 Å². The van der Waals surface area contributed by atoms with E-state index in [1.807, 2.05) is 24.3 Å². The van der Waals surface area contributed by atoms with E-state index in [1.54, 1.807) is 0 Å². The highest BCUT2D eigenvalue weighted by Crippen LogP contribution is 2.50. The highest BCUT2D eigenvalue weighted by Gasteiger charge is 2.50. The molecule has 0 unspecified atom stereocenters. The van der Waals surface area contributed by atoms with Gasteiger partial charge in [0.1, 0.15) is 6.61 Å². The molecule has 4 atom stereocenters. The Bertz CT molecular complexity index is 894. The molecule has 3 aliphatic carbocycles. The number of ether oxygens (including phenoxy) is 1. The summed E-state index contributed by atoms with van der Waals surface area (Å²) in [4.78, 5) is 23.6. The molecule has 2 aromatic rings. The zero-order valence-electron chi connectivity index (χ0n) is 15.5. The maximum atomic E-state index is 12.4. The second-order valence-electron chi connectivity index (χ2n) is 8.24. The Morgan fingerprint density at radius 3 is 2.25 bits per heavy atom. The van der Waals surface area contributed by atoms with Crippen molar-refractivity contribution < 1.29 is 19.4 Å². The van der Waals surface area contributed by atoms with Gasteiger partial charge in [-0.25, -0.2) is 4.79 Å². The molecule has 0 aromatic heterocycles. The minimum atomic E-state index is -0.714. The molecule has 0 spiro atoms. The summed E-state index contributed by atoms with van der Waals surface area (Å²) in [6.45, 7) is 0.304. The molecule has 0 heterocycles. The molecule has 5 heteroatoms. The number of hydrogen-bond acceptors (Lipinski definition) is 3. The second-order valence-corrected chi connectivity index (χ2v) is 8.24. The van der Waals surface area contributed by atoms with Crippen LogP contribution in [0.25, 0.3) is 11.1 Å². The fourth-order valence-electron chi connectivity index (χ4n) is 5.39. The minimum absolute atomic E-state index is 0.0463. The van der Waals surface area contributed by atoms with Crippen molar-refractivity contribution in [1.82, 2.24) is 5.32 Å². The summed E-state index contributed by atoms with van der Waals surface area (Å²) in [5.41, 5.74) is 4.81. The third kappa shape index (κ3) is 2.77. The number of alkyl carbamates (subject to hydrolysis) is 1. The lowest BCUT2D eigenvalue weighted by molar-refractivity contribution is -0.141. The van der Waals surface area contributed by atoms with Crippen LogP contribution in [-0.2, 0) is 9.53 Å². The van der Waals surface area contributed by atoms with Crippen LogP contribution in [0.3, 0.4) is 0 Å². The molecule has 0 saturated heterocycles. The van der Waals surface area contributed by atoms with E-state index in [2.05, 4.69) is 29.6 Å². The Labute approximate surface area is 163 Å². The highest BCUT2D eigenvalue weighted by molar-refractivity contribution is 5.79. The number of carbonyl (C=O) groups excluding carboxylic acids is 1. The van der Waals surface area contributed by atoms with Gasteiger partial charge in [0.2, 0.25) is 0 Å². The molecule has 2 saturated carbocycles. The van der Waals surface area contributed by atoms with Crippen molar-refractivity contribution in [2.45, 2.75) is 31.2 Å². The van der Waals surface area contributed by atoms with Gasteiger partial charge in [-0.1, -0.05) is 48.5 Å². The molecule has 144 valence electrons. The van der Waals surface area contributed by atoms with Crippen LogP contribution in [0, 0.1) is 17.8 Å². The molecule has 1 amide bonds. The zero-order valence-corrected chi connectivity index (χ0v) is 15.5. The molecule has 0 bridgehead atoms. The van der Waals surface area contributed by atoms with Crippen LogP contribution in [0.4, 0.5) is 4.79 Å². The molecule has 28 heavy (non-hydrogen) atoms. The predicted octanol–water partition coefficient (Wildman–Crippen LogP) is 4.02. The lowest BCUT2D eigenvalue weighted by atomic mass is 9.71. The van der Waals surface area contributed by atoms with Crippen molar-refractivity contribution in [2.75, 3.05) is 6.61 Å². The third-order valence-electron chi connectivity index (χ3n) is 6.82. The number of aliphatic carboxylic acids is 1. The number of carboxylic acid groups (broad SMARTS) is 1. The standard InChI is InChI=1S/C23H23NO4/c25-22(26)14-9-13-11-21(19(13)10-14)24-23(27)28-12-20-17-7-3-1-5-15(17)16-6-2-4-8-18(16)20/h1-8,13-14,19-21H,9-12H2,(H,24,27)(H,25,26)/t13-,14+,19-,21+/m0/s1. The summed E-state index contributed by atoms with van der Waals surface area (Å²) >= 11 is 0. The monoisotopic (exact) mass is 377 g/mol. The first-order chi connectivity index (χ1) is 13.6. The summed E-state index contributed by atoms with van der Waals surface area (Å²) in [6.07, 6.45) is 1.86. The summed E-state index contributed by atoms with van der Waals surface area (Å²) < 4.78 is 5.60. The molecule has 2 aromatic carbocycles. The van der Waals surface area contributed by atoms with Gasteiger partial charge in [-0.15, -0.1) is 0 Å². The molecule has 2 fully saturated rings. The van der Waals surface area contributed by atoms with Crippen LogP contribution in [0.5, 0.6) is 0 Å². The number of rotatable bonds is 4. The van der Waals surface area contributed by atoms with E-state index < -0.39 is 12.1 Å². The lowest BCUT2D eigenvalue weighted by Gasteiger charge is -2.40. The zero-order chi connectivity index (χ0) is 19.3. The van der Waals surface area contributed by atoms with Gasteiger partial charge in [0, 0.05) is 12.0 Å².